The lowest BCUT2D eigenvalue weighted by atomic mass is 10.0. The first-order chi connectivity index (χ1) is 16.6. The van der Waals surface area contributed by atoms with Gasteiger partial charge in [-0.05, 0) is 35.4 Å². The van der Waals surface area contributed by atoms with Crippen LogP contribution < -0.4 is 0 Å². The van der Waals surface area contributed by atoms with Crippen LogP contribution in [0.4, 0.5) is 0 Å². The first-order valence-corrected chi connectivity index (χ1v) is 11.6. The Morgan fingerprint density at radius 3 is 2.09 bits per heavy atom. The fraction of sp³-hybridized carbons (Fsp3) is 0.259. The van der Waals surface area contributed by atoms with Gasteiger partial charge in [-0.3, -0.25) is 24.5 Å². The van der Waals surface area contributed by atoms with E-state index in [0.29, 0.717) is 26.2 Å². The highest BCUT2D eigenvalue weighted by Gasteiger charge is 2.42. The first kappa shape index (κ1) is 20.7. The van der Waals surface area contributed by atoms with E-state index in [1.54, 1.807) is 16.0 Å². The van der Waals surface area contributed by atoms with Crippen LogP contribution in [0.1, 0.15) is 11.1 Å². The van der Waals surface area contributed by atoms with Crippen LogP contribution in [0.15, 0.2) is 73.1 Å². The third-order valence-electron chi connectivity index (χ3n) is 6.78. The highest BCUT2D eigenvalue weighted by Crippen LogP contribution is 2.23. The third-order valence-corrected chi connectivity index (χ3v) is 6.78. The summed E-state index contributed by atoms with van der Waals surface area (Å²) >= 11 is 0. The number of carbonyl (C=O) groups is 2. The second kappa shape index (κ2) is 8.50. The number of fused-ring (bicyclic) bond motifs is 3. The van der Waals surface area contributed by atoms with Gasteiger partial charge in [0.2, 0.25) is 11.8 Å². The number of carbonyl (C=O) groups excluding carboxylic acids is 2. The minimum absolute atomic E-state index is 0.00842. The number of nitrogens with zero attached hydrogens (tertiary/aromatic N) is 5. The largest absolute Gasteiger partial charge is 0.327 e. The highest BCUT2D eigenvalue weighted by atomic mass is 16.2. The lowest BCUT2D eigenvalue weighted by Crippen LogP contribution is -2.66. The number of hydrogen-bond donors (Lipinski definition) is 0. The Bertz CT molecular complexity index is 1400. The van der Waals surface area contributed by atoms with Crippen molar-refractivity contribution < 1.29 is 9.59 Å². The van der Waals surface area contributed by atoms with E-state index in [9.17, 15) is 9.59 Å². The molecule has 2 fully saturated rings. The highest BCUT2D eigenvalue weighted by molar-refractivity contribution is 5.95. The lowest BCUT2D eigenvalue weighted by Gasteiger charge is -2.46. The molecule has 4 heterocycles. The fourth-order valence-corrected chi connectivity index (χ4v) is 5.05. The molecule has 1 atom stereocenters. The number of amides is 2. The van der Waals surface area contributed by atoms with Gasteiger partial charge in [0.25, 0.3) is 0 Å². The first-order valence-electron chi connectivity index (χ1n) is 11.6. The van der Waals surface area contributed by atoms with E-state index in [1.807, 2.05) is 54.7 Å². The Balaban J connectivity index is 1.18. The molecule has 34 heavy (non-hydrogen) atoms. The maximum Gasteiger partial charge on any atom is 0.247 e. The van der Waals surface area contributed by atoms with Crippen LogP contribution in [0.5, 0.6) is 0 Å². The van der Waals surface area contributed by atoms with Crippen molar-refractivity contribution in [1.29, 1.82) is 0 Å². The molecule has 7 heteroatoms. The lowest BCUT2D eigenvalue weighted by molar-refractivity contribution is -0.160. The predicted octanol–water partition coefficient (Wildman–Crippen LogP) is 2.84. The third kappa shape index (κ3) is 3.88. The number of pyridine rings is 2. The normalized spacial score (nSPS) is 19.1. The summed E-state index contributed by atoms with van der Waals surface area (Å²) in [5.41, 5.74) is 3.94. The Morgan fingerprint density at radius 1 is 0.794 bits per heavy atom. The van der Waals surface area contributed by atoms with E-state index < -0.39 is 6.04 Å². The molecule has 0 spiro atoms. The molecule has 6 rings (SSSR count). The number of benzene rings is 2. The molecule has 0 saturated carbocycles. The van der Waals surface area contributed by atoms with Crippen molar-refractivity contribution in [2.45, 2.75) is 19.1 Å². The van der Waals surface area contributed by atoms with Crippen LogP contribution in [-0.2, 0) is 22.7 Å². The minimum atomic E-state index is -0.447. The van der Waals surface area contributed by atoms with E-state index in [-0.39, 0.29) is 18.4 Å². The van der Waals surface area contributed by atoms with E-state index in [4.69, 9.17) is 0 Å². The Kier molecular flexibility index (Phi) is 5.19. The second-order valence-corrected chi connectivity index (χ2v) is 9.10. The Labute approximate surface area is 197 Å². The molecular weight excluding hydrogens is 426 g/mol. The number of piperazine rings is 2. The quantitative estimate of drug-likeness (QED) is 0.477. The van der Waals surface area contributed by atoms with Crippen molar-refractivity contribution in [2.75, 3.05) is 26.2 Å². The van der Waals surface area contributed by atoms with Crippen LogP contribution in [0.2, 0.25) is 0 Å². The zero-order chi connectivity index (χ0) is 23.1. The molecule has 2 saturated heterocycles. The molecule has 2 aliphatic rings. The average Bonchev–Trinajstić information content (AvgIpc) is 2.87. The van der Waals surface area contributed by atoms with Gasteiger partial charge in [0.15, 0.2) is 0 Å². The van der Waals surface area contributed by atoms with Crippen LogP contribution in [-0.4, -0.2) is 68.7 Å². The number of hydrogen-bond acceptors (Lipinski definition) is 5. The maximum atomic E-state index is 13.4. The van der Waals surface area contributed by atoms with Crippen molar-refractivity contribution in [3.63, 3.8) is 0 Å². The molecule has 4 aromatic rings. The van der Waals surface area contributed by atoms with Crippen LogP contribution >= 0.6 is 0 Å². The molecule has 2 aliphatic heterocycles. The summed E-state index contributed by atoms with van der Waals surface area (Å²) in [5, 5.41) is 2.14. The molecule has 2 aromatic heterocycles. The SMILES string of the molecule is O=C1C2CN(Cc3cnc4ccccc4c3)CCN2C(=O)CN1Cc1cnc2ccccc2c1. The van der Waals surface area contributed by atoms with Crippen LogP contribution in [0.25, 0.3) is 21.8 Å². The van der Waals surface area contributed by atoms with E-state index in [1.165, 1.54) is 0 Å². The molecule has 0 bridgehead atoms. The Hall–Kier alpha value is -3.84. The van der Waals surface area contributed by atoms with E-state index >= 15 is 0 Å². The van der Waals surface area contributed by atoms with Gasteiger partial charge in [0.05, 0.1) is 11.0 Å². The van der Waals surface area contributed by atoms with Gasteiger partial charge in [-0.1, -0.05) is 36.4 Å². The monoisotopic (exact) mass is 451 g/mol. The molecular formula is C27H25N5O2. The van der Waals surface area contributed by atoms with Gasteiger partial charge in [-0.25, -0.2) is 0 Å². The predicted molar refractivity (Wildman–Crippen MR) is 130 cm³/mol. The smallest absolute Gasteiger partial charge is 0.247 e. The van der Waals surface area contributed by atoms with Gasteiger partial charge in [-0.15, -0.1) is 0 Å². The average molecular weight is 452 g/mol. The molecule has 0 aliphatic carbocycles. The maximum absolute atomic E-state index is 13.4. The van der Waals surface area contributed by atoms with Crippen molar-refractivity contribution in [3.05, 3.63) is 84.2 Å². The number of rotatable bonds is 4. The van der Waals surface area contributed by atoms with Crippen molar-refractivity contribution >= 4 is 33.6 Å². The molecule has 2 amide bonds. The zero-order valence-corrected chi connectivity index (χ0v) is 18.8. The summed E-state index contributed by atoms with van der Waals surface area (Å²) in [6.45, 7) is 3.07. The summed E-state index contributed by atoms with van der Waals surface area (Å²) in [6.07, 6.45) is 3.70. The summed E-state index contributed by atoms with van der Waals surface area (Å²) in [7, 11) is 0. The minimum Gasteiger partial charge on any atom is -0.327 e. The van der Waals surface area contributed by atoms with Crippen molar-refractivity contribution in [2.24, 2.45) is 0 Å². The van der Waals surface area contributed by atoms with Crippen molar-refractivity contribution in [3.8, 4) is 0 Å². The van der Waals surface area contributed by atoms with Gasteiger partial charge in [0.1, 0.15) is 12.6 Å². The van der Waals surface area contributed by atoms with Crippen LogP contribution in [0.3, 0.4) is 0 Å². The Morgan fingerprint density at radius 2 is 1.41 bits per heavy atom. The molecule has 0 N–H and O–H groups in total. The summed E-state index contributed by atoms with van der Waals surface area (Å²) < 4.78 is 0. The van der Waals surface area contributed by atoms with E-state index in [2.05, 4.69) is 27.0 Å². The van der Waals surface area contributed by atoms with Gasteiger partial charge >= 0.3 is 0 Å². The number of aromatic nitrogens is 2. The number of para-hydroxylation sites is 2. The van der Waals surface area contributed by atoms with Crippen molar-refractivity contribution in [1.82, 2.24) is 24.7 Å². The second-order valence-electron chi connectivity index (χ2n) is 9.10. The molecule has 1 unspecified atom stereocenters. The molecule has 7 nitrogen and oxygen atoms in total. The zero-order valence-electron chi connectivity index (χ0n) is 18.8. The van der Waals surface area contributed by atoms with Gasteiger partial charge in [-0.2, -0.15) is 0 Å². The summed E-state index contributed by atoms with van der Waals surface area (Å²) in [4.78, 5) is 41.1. The van der Waals surface area contributed by atoms with Crippen LogP contribution in [0, 0.1) is 0 Å². The van der Waals surface area contributed by atoms with E-state index in [0.717, 1.165) is 39.5 Å². The molecule has 170 valence electrons. The standard InChI is InChI=1S/C27H25N5O2/c33-26-18-31(16-20-12-22-6-2-4-8-24(22)29-14-20)27(34)25-17-30(9-10-32(25)26)15-19-11-21-5-1-3-7-23(21)28-13-19/h1-8,11-14,25H,9-10,15-18H2. The van der Waals surface area contributed by atoms with Gasteiger partial charge < -0.3 is 9.80 Å². The summed E-state index contributed by atoms with van der Waals surface area (Å²) in [5.74, 6) is 0.0273. The molecule has 2 aromatic carbocycles. The topological polar surface area (TPSA) is 69.6 Å². The fourth-order valence-electron chi connectivity index (χ4n) is 5.05. The van der Waals surface area contributed by atoms with Gasteiger partial charge in [0, 0.05) is 55.9 Å². The summed E-state index contributed by atoms with van der Waals surface area (Å²) in [6, 6.07) is 19.7. The molecule has 0 radical (unpaired) electrons.